The fraction of sp³-hybridized carbons (Fsp3) is 0.333. The Labute approximate surface area is 284 Å². The lowest BCUT2D eigenvalue weighted by atomic mass is 9.94. The van der Waals surface area contributed by atoms with E-state index in [-0.39, 0.29) is 64.3 Å². The summed E-state index contributed by atoms with van der Waals surface area (Å²) in [5.74, 6) is -4.12. The van der Waals surface area contributed by atoms with Gasteiger partial charge in [-0.05, 0) is 56.7 Å². The minimum absolute atomic E-state index is 0.0318. The van der Waals surface area contributed by atoms with Crippen molar-refractivity contribution in [3.8, 4) is 23.1 Å². The first-order valence-corrected chi connectivity index (χ1v) is 15.9. The van der Waals surface area contributed by atoms with E-state index in [9.17, 15) is 24.3 Å². The number of fused-ring (bicyclic) bond motifs is 1. The molecule has 0 spiro atoms. The normalized spacial score (nSPS) is 19.7. The molecule has 14 heteroatoms. The number of aromatic nitrogens is 2. The summed E-state index contributed by atoms with van der Waals surface area (Å²) in [5.41, 5.74) is -0.699. The third-order valence-corrected chi connectivity index (χ3v) is 9.64. The van der Waals surface area contributed by atoms with Gasteiger partial charge in [-0.2, -0.15) is 5.26 Å². The number of allylic oxidation sites excluding steroid dienone is 2. The zero-order valence-corrected chi connectivity index (χ0v) is 28.4. The number of piperazine rings is 1. The van der Waals surface area contributed by atoms with Crippen LogP contribution >= 0.6 is 34.8 Å². The fourth-order valence-electron chi connectivity index (χ4n) is 6.49. The van der Waals surface area contributed by atoms with Gasteiger partial charge in [0.15, 0.2) is 17.4 Å². The van der Waals surface area contributed by atoms with E-state index in [4.69, 9.17) is 34.8 Å². The van der Waals surface area contributed by atoms with E-state index < -0.39 is 50.3 Å². The number of nitrogens with zero attached hydrogens (tertiary/aromatic N) is 5. The summed E-state index contributed by atoms with van der Waals surface area (Å²) in [4.78, 5) is 35.3. The van der Waals surface area contributed by atoms with E-state index in [0.717, 1.165) is 0 Å². The van der Waals surface area contributed by atoms with Crippen LogP contribution in [0.15, 0.2) is 41.4 Å². The maximum Gasteiger partial charge on any atom is 0.276 e. The first-order valence-electron chi connectivity index (χ1n) is 14.7. The number of dihydropyridines is 1. The number of hydrogen-bond acceptors (Lipinski definition) is 7. The van der Waals surface area contributed by atoms with E-state index in [1.54, 1.807) is 24.1 Å². The molecule has 2 aromatic heterocycles. The molecule has 1 aromatic carbocycles. The molecule has 2 N–H and O–H groups in total. The summed E-state index contributed by atoms with van der Waals surface area (Å²) in [6.45, 7) is 13.5. The van der Waals surface area contributed by atoms with Gasteiger partial charge in [0.05, 0.1) is 38.7 Å². The Morgan fingerprint density at radius 1 is 1.19 bits per heavy atom. The smallest absolute Gasteiger partial charge is 0.276 e. The molecule has 246 valence electrons. The predicted molar refractivity (Wildman–Crippen MR) is 181 cm³/mol. The minimum atomic E-state index is -1.38. The summed E-state index contributed by atoms with van der Waals surface area (Å²) in [5, 5.41) is 22.9. The Morgan fingerprint density at radius 3 is 2.38 bits per heavy atom. The molecule has 2 aliphatic heterocycles. The van der Waals surface area contributed by atoms with Gasteiger partial charge in [-0.25, -0.2) is 13.8 Å². The monoisotopic (exact) mass is 702 g/mol. The number of phenolic OH excluding ortho intramolecular Hbond substituents is 1. The van der Waals surface area contributed by atoms with Crippen LogP contribution in [0.5, 0.6) is 5.75 Å². The first kappa shape index (κ1) is 34.2. The van der Waals surface area contributed by atoms with Crippen molar-refractivity contribution in [1.29, 1.82) is 5.26 Å². The summed E-state index contributed by atoms with van der Waals surface area (Å²) in [6.07, 6.45) is 4.76. The van der Waals surface area contributed by atoms with Crippen LogP contribution < -0.4 is 15.8 Å². The van der Waals surface area contributed by atoms with Gasteiger partial charge in [0, 0.05) is 30.6 Å². The highest BCUT2D eigenvalue weighted by Gasteiger charge is 2.37. The van der Waals surface area contributed by atoms with Gasteiger partial charge in [0.2, 0.25) is 5.91 Å². The van der Waals surface area contributed by atoms with Crippen molar-refractivity contribution in [3.05, 3.63) is 79.2 Å². The van der Waals surface area contributed by atoms with Crippen LogP contribution in [0.3, 0.4) is 0 Å². The van der Waals surface area contributed by atoms with Gasteiger partial charge in [0.1, 0.15) is 22.3 Å². The van der Waals surface area contributed by atoms with Crippen LogP contribution in [0.4, 0.5) is 14.5 Å². The summed E-state index contributed by atoms with van der Waals surface area (Å²) in [6, 6.07) is 2.38. The topological polar surface area (TPSA) is 114 Å². The number of phenols is 1. The van der Waals surface area contributed by atoms with Crippen molar-refractivity contribution in [3.63, 3.8) is 0 Å². The van der Waals surface area contributed by atoms with Crippen LogP contribution in [-0.2, 0) is 4.79 Å². The van der Waals surface area contributed by atoms with Crippen molar-refractivity contribution in [2.45, 2.75) is 52.7 Å². The second kappa shape index (κ2) is 12.8. The van der Waals surface area contributed by atoms with E-state index in [0.29, 0.717) is 11.3 Å². The number of halogens is 5. The quantitative estimate of drug-likeness (QED) is 0.170. The lowest BCUT2D eigenvalue weighted by molar-refractivity contribution is -0.130. The molecule has 1 amide bonds. The zero-order valence-electron chi connectivity index (χ0n) is 26.1. The molecule has 0 bridgehead atoms. The maximum absolute atomic E-state index is 15.6. The number of anilines is 1. The van der Waals surface area contributed by atoms with Gasteiger partial charge in [-0.3, -0.25) is 14.2 Å². The van der Waals surface area contributed by atoms with Gasteiger partial charge in [0.25, 0.3) is 5.56 Å². The second-order valence-electron chi connectivity index (χ2n) is 12.0. The largest absolute Gasteiger partial charge is 0.504 e. The third-order valence-electron chi connectivity index (χ3n) is 8.55. The highest BCUT2D eigenvalue weighted by molar-refractivity contribution is 6.42. The molecule has 9 nitrogen and oxygen atoms in total. The Bertz CT molecular complexity index is 1980. The van der Waals surface area contributed by atoms with Crippen molar-refractivity contribution in [2.75, 3.05) is 18.0 Å². The van der Waals surface area contributed by atoms with Gasteiger partial charge in [-0.1, -0.05) is 55.2 Å². The Kier molecular flexibility index (Phi) is 9.34. The predicted octanol–water partition coefficient (Wildman–Crippen LogP) is 6.86. The summed E-state index contributed by atoms with van der Waals surface area (Å²) in [7, 11) is 0. The standard InChI is InChI=1S/C33H31Cl3F2N6O3/c1-7-21(45)43-16(5)12-42(13-17(43)6)30-18-10-20(34)28(22-25(37)23(35)24(36)26(38)31(22)46)41-32(18)44(33(47)19(30)11-39)29-15(4)8-9-40-27(29)14(2)3/h7-10,14,16-17,27,40,46H,1,12-13H2,2-6H3/t16-,17+,27?. The molecule has 4 heterocycles. The third kappa shape index (κ3) is 5.52. The number of aromatic hydroxyl groups is 1. The van der Waals surface area contributed by atoms with Crippen LogP contribution in [-0.4, -0.2) is 56.7 Å². The summed E-state index contributed by atoms with van der Waals surface area (Å²) >= 11 is 18.5. The van der Waals surface area contributed by atoms with Crippen LogP contribution in [0.2, 0.25) is 15.1 Å². The van der Waals surface area contributed by atoms with Crippen molar-refractivity contribution in [1.82, 2.24) is 19.8 Å². The number of pyridine rings is 2. The number of nitrogens with one attached hydrogen (secondary N) is 1. The number of hydrogen-bond donors (Lipinski definition) is 2. The summed E-state index contributed by atoms with van der Waals surface area (Å²) < 4.78 is 31.8. The average Bonchev–Trinajstić information content (AvgIpc) is 3.02. The van der Waals surface area contributed by atoms with Crippen molar-refractivity contribution < 1.29 is 18.7 Å². The van der Waals surface area contributed by atoms with Crippen LogP contribution in [0.1, 0.15) is 40.2 Å². The molecule has 47 heavy (non-hydrogen) atoms. The average molecular weight is 704 g/mol. The molecule has 0 aliphatic carbocycles. The molecule has 3 atom stereocenters. The number of nitriles is 1. The van der Waals surface area contributed by atoms with Gasteiger partial charge >= 0.3 is 0 Å². The molecule has 5 rings (SSSR count). The molecular weight excluding hydrogens is 673 g/mol. The number of rotatable bonds is 5. The fourth-order valence-corrected chi connectivity index (χ4v) is 7.08. The lowest BCUT2D eigenvalue weighted by Gasteiger charge is -2.45. The van der Waals surface area contributed by atoms with Crippen molar-refractivity contribution >= 4 is 63.1 Å². The minimum Gasteiger partial charge on any atom is -0.504 e. The first-order chi connectivity index (χ1) is 22.2. The van der Waals surface area contributed by atoms with Crippen molar-refractivity contribution in [2.24, 2.45) is 5.92 Å². The van der Waals surface area contributed by atoms with Crippen LogP contribution in [0.25, 0.3) is 28.0 Å². The zero-order chi connectivity index (χ0) is 34.6. The van der Waals surface area contributed by atoms with Gasteiger partial charge in [-0.15, -0.1) is 0 Å². The molecule has 2 aliphatic rings. The maximum atomic E-state index is 15.6. The molecule has 0 saturated carbocycles. The van der Waals surface area contributed by atoms with E-state index >= 15 is 4.39 Å². The molecular formula is C33H31Cl3F2N6O3. The second-order valence-corrected chi connectivity index (χ2v) is 13.2. The molecule has 1 fully saturated rings. The Morgan fingerprint density at radius 2 is 1.81 bits per heavy atom. The molecule has 3 aromatic rings. The number of benzene rings is 1. The van der Waals surface area contributed by atoms with E-state index in [2.05, 4.69) is 22.9 Å². The Balaban J connectivity index is 1.92. The number of carbonyl (C=O) groups excluding carboxylic acids is 1. The SMILES string of the molecule is C=CC(=O)N1[C@H](C)CN(c2c(C#N)c(=O)n(C3=C(C)C=CNC3C(C)C)c3nc(-c4c(O)c(F)c(Cl)c(Cl)c4F)c(Cl)cc23)C[C@@H]1C. The Hall–Kier alpha value is -4.11. The molecule has 1 unspecified atom stereocenters. The van der Waals surface area contributed by atoms with Crippen LogP contribution in [0, 0.1) is 28.9 Å². The van der Waals surface area contributed by atoms with E-state index in [1.807, 2.05) is 32.6 Å². The van der Waals surface area contributed by atoms with Gasteiger partial charge < -0.3 is 20.2 Å². The number of amides is 1. The molecule has 0 radical (unpaired) electrons. The molecule has 1 saturated heterocycles. The highest BCUT2D eigenvalue weighted by atomic mass is 35.5. The number of carbonyl (C=O) groups is 1. The lowest BCUT2D eigenvalue weighted by Crippen LogP contribution is -2.58. The highest BCUT2D eigenvalue weighted by Crippen LogP contribution is 2.45. The van der Waals surface area contributed by atoms with E-state index in [1.165, 1.54) is 16.7 Å².